The van der Waals surface area contributed by atoms with E-state index in [1.807, 2.05) is 0 Å². The molecule has 0 fully saturated rings. The van der Waals surface area contributed by atoms with Crippen molar-refractivity contribution in [3.63, 3.8) is 0 Å². The van der Waals surface area contributed by atoms with Crippen molar-refractivity contribution >= 4 is 35.8 Å². The van der Waals surface area contributed by atoms with Gasteiger partial charge in [0.1, 0.15) is 74.1 Å². The van der Waals surface area contributed by atoms with Gasteiger partial charge in [-0.3, -0.25) is 0 Å². The minimum absolute atomic E-state index is 0.144. The Kier molecular flexibility index (Phi) is 19.4. The number of ether oxygens (including phenoxy) is 12. The van der Waals surface area contributed by atoms with Crippen LogP contribution in [0, 0.1) is 0 Å². The second kappa shape index (κ2) is 27.1. The molecule has 0 spiro atoms. The molecule has 0 radical (unpaired) electrons. The number of rotatable bonds is 24. The van der Waals surface area contributed by atoms with Crippen LogP contribution in [0.15, 0.2) is 146 Å². The summed E-state index contributed by atoms with van der Waals surface area (Å²) in [5.74, 6) is -0.922. The van der Waals surface area contributed by atoms with Crippen molar-refractivity contribution in [2.75, 3.05) is 42.7 Å². The summed E-state index contributed by atoms with van der Waals surface area (Å²) in [5.41, 5.74) is 5.09. The van der Waals surface area contributed by atoms with Gasteiger partial charge in [0.2, 0.25) is 0 Å². The van der Waals surface area contributed by atoms with E-state index in [9.17, 15) is 28.8 Å². The molecule has 18 heteroatoms. The highest BCUT2D eigenvalue weighted by Gasteiger charge is 2.28. The van der Waals surface area contributed by atoms with E-state index in [2.05, 4.69) is 0 Å². The Morgan fingerprint density at radius 2 is 0.333 bits per heavy atom. The standard InChI is InChI=1S/C60H54O18/c1-67-55(61)37-7-19-43(20-8-37)73-31-49-50(32-74-44-21-9-38(10-22-44)56(62)68-2)52(34-76-46-25-13-40(14-26-46)58(64)70-4)54(36-78-48-29-17-42(18-30-48)60(66)72-6)53(35-77-47-27-15-41(16-28-47)59(65)71-5)51(49)33-75-45-23-11-39(12-24-45)57(63)69-3/h7-30H,31-36H2,1-6H3. The SMILES string of the molecule is COC(=O)c1ccc(OCc2c(COc3ccc(C(=O)OC)cc3)c(COc3ccc(C(=O)OC)cc3)c(COc3ccc(C(=O)OC)cc3)c(COc3ccc(C(=O)OC)cc3)c2COc2ccc(C(=O)OC)cc2)cc1. The maximum absolute atomic E-state index is 12.4. The summed E-state index contributed by atoms with van der Waals surface area (Å²) in [4.78, 5) is 74.6. The fraction of sp³-hybridized carbons (Fsp3) is 0.200. The zero-order chi connectivity index (χ0) is 55.6. The van der Waals surface area contributed by atoms with Gasteiger partial charge in [-0.2, -0.15) is 0 Å². The van der Waals surface area contributed by atoms with E-state index < -0.39 is 35.8 Å². The van der Waals surface area contributed by atoms with Crippen molar-refractivity contribution in [1.29, 1.82) is 0 Å². The molecule has 0 aliphatic heterocycles. The molecule has 0 heterocycles. The number of hydrogen-bond donors (Lipinski definition) is 0. The van der Waals surface area contributed by atoms with Crippen LogP contribution in [-0.4, -0.2) is 78.5 Å². The van der Waals surface area contributed by atoms with Crippen LogP contribution < -0.4 is 28.4 Å². The third-order valence-electron chi connectivity index (χ3n) is 12.1. The Labute approximate surface area is 449 Å². The van der Waals surface area contributed by atoms with Gasteiger partial charge in [-0.1, -0.05) is 0 Å². The molecular formula is C60H54O18. The Hall–Kier alpha value is -9.84. The number of esters is 6. The van der Waals surface area contributed by atoms with Crippen molar-refractivity contribution in [1.82, 2.24) is 0 Å². The Morgan fingerprint density at radius 1 is 0.218 bits per heavy atom. The van der Waals surface area contributed by atoms with Crippen molar-refractivity contribution in [2.24, 2.45) is 0 Å². The fourth-order valence-electron chi connectivity index (χ4n) is 7.90. The van der Waals surface area contributed by atoms with Crippen LogP contribution >= 0.6 is 0 Å². The number of carbonyl (C=O) groups excluding carboxylic acids is 6. The van der Waals surface area contributed by atoms with Crippen LogP contribution in [0.2, 0.25) is 0 Å². The minimum atomic E-state index is -0.536. The van der Waals surface area contributed by atoms with Gasteiger partial charge in [0, 0.05) is 33.4 Å². The van der Waals surface area contributed by atoms with Gasteiger partial charge >= 0.3 is 35.8 Å². The summed E-state index contributed by atoms with van der Waals surface area (Å²) in [5, 5.41) is 0. The van der Waals surface area contributed by atoms with Crippen LogP contribution in [-0.2, 0) is 68.1 Å². The van der Waals surface area contributed by atoms with Crippen LogP contribution in [0.25, 0.3) is 0 Å². The average molecular weight is 1060 g/mol. The molecule has 0 unspecified atom stereocenters. The van der Waals surface area contributed by atoms with Gasteiger partial charge in [-0.05, 0) is 146 Å². The molecule has 402 valence electrons. The molecular weight excluding hydrogens is 1010 g/mol. The average Bonchev–Trinajstić information content (AvgIpc) is 3.53. The van der Waals surface area contributed by atoms with E-state index in [1.54, 1.807) is 146 Å². The highest BCUT2D eigenvalue weighted by atomic mass is 16.5. The summed E-state index contributed by atoms with van der Waals surface area (Å²) >= 11 is 0. The fourth-order valence-corrected chi connectivity index (χ4v) is 7.90. The van der Waals surface area contributed by atoms with Crippen molar-refractivity contribution in [3.8, 4) is 34.5 Å². The Bertz CT molecular complexity index is 2620. The molecule has 7 aromatic rings. The molecule has 7 aromatic carbocycles. The van der Waals surface area contributed by atoms with Gasteiger partial charge in [-0.15, -0.1) is 0 Å². The molecule has 0 bridgehead atoms. The topological polar surface area (TPSA) is 213 Å². The normalized spacial score (nSPS) is 10.5. The van der Waals surface area contributed by atoms with Crippen LogP contribution in [0.4, 0.5) is 0 Å². The number of carbonyl (C=O) groups is 6. The van der Waals surface area contributed by atoms with Gasteiger partial charge in [-0.25, -0.2) is 28.8 Å². The predicted molar refractivity (Wildman–Crippen MR) is 279 cm³/mol. The van der Waals surface area contributed by atoms with Crippen LogP contribution in [0.3, 0.4) is 0 Å². The maximum Gasteiger partial charge on any atom is 0.337 e. The number of methoxy groups -OCH3 is 6. The van der Waals surface area contributed by atoms with E-state index in [0.29, 0.717) is 101 Å². The first-order valence-corrected chi connectivity index (χ1v) is 23.9. The molecule has 78 heavy (non-hydrogen) atoms. The molecule has 0 aliphatic rings. The lowest BCUT2D eigenvalue weighted by Crippen LogP contribution is -2.21. The molecule has 0 saturated carbocycles. The lowest BCUT2D eigenvalue weighted by molar-refractivity contribution is 0.0591. The third kappa shape index (κ3) is 14.3. The molecule has 0 saturated heterocycles. The van der Waals surface area contributed by atoms with E-state index in [4.69, 9.17) is 56.8 Å². The summed E-state index contributed by atoms with van der Waals surface area (Å²) in [6.07, 6.45) is 0. The molecule has 0 atom stereocenters. The second-order valence-corrected chi connectivity index (χ2v) is 16.7. The van der Waals surface area contributed by atoms with Crippen LogP contribution in [0.1, 0.15) is 95.5 Å². The van der Waals surface area contributed by atoms with Crippen LogP contribution in [0.5, 0.6) is 34.5 Å². The largest absolute Gasteiger partial charge is 0.489 e. The Morgan fingerprint density at radius 3 is 0.436 bits per heavy atom. The van der Waals surface area contributed by atoms with E-state index in [0.717, 1.165) is 0 Å². The summed E-state index contributed by atoms with van der Waals surface area (Å²) in [7, 11) is 7.71. The molecule has 0 N–H and O–H groups in total. The van der Waals surface area contributed by atoms with Gasteiger partial charge in [0.05, 0.1) is 76.0 Å². The van der Waals surface area contributed by atoms with Crippen molar-refractivity contribution < 1.29 is 85.6 Å². The lowest BCUT2D eigenvalue weighted by Gasteiger charge is -2.28. The summed E-state index contributed by atoms with van der Waals surface area (Å²) < 4.78 is 69.1. The molecule has 0 aromatic heterocycles. The second-order valence-electron chi connectivity index (χ2n) is 16.7. The third-order valence-corrected chi connectivity index (χ3v) is 12.1. The Balaban J connectivity index is 1.46. The predicted octanol–water partition coefficient (Wildman–Crippen LogP) is 9.88. The van der Waals surface area contributed by atoms with Gasteiger partial charge in [0.15, 0.2) is 0 Å². The lowest BCUT2D eigenvalue weighted by atomic mass is 9.87. The first-order chi connectivity index (χ1) is 37.9. The van der Waals surface area contributed by atoms with Gasteiger partial charge < -0.3 is 56.8 Å². The van der Waals surface area contributed by atoms with E-state index >= 15 is 0 Å². The van der Waals surface area contributed by atoms with Crippen molar-refractivity contribution in [3.05, 3.63) is 212 Å². The summed E-state index contributed by atoms with van der Waals surface area (Å²) in [6, 6.07) is 38.3. The highest BCUT2D eigenvalue weighted by Crippen LogP contribution is 2.36. The quantitative estimate of drug-likeness (QED) is 0.0407. The number of hydrogen-bond acceptors (Lipinski definition) is 18. The highest BCUT2D eigenvalue weighted by molar-refractivity contribution is 5.92. The zero-order valence-corrected chi connectivity index (χ0v) is 43.4. The molecule has 0 amide bonds. The minimum Gasteiger partial charge on any atom is -0.489 e. The number of benzene rings is 7. The maximum atomic E-state index is 12.4. The first kappa shape index (κ1) is 55.9. The molecule has 18 nitrogen and oxygen atoms in total. The summed E-state index contributed by atoms with van der Waals surface area (Å²) in [6.45, 7) is -0.861. The first-order valence-electron chi connectivity index (χ1n) is 23.9. The smallest absolute Gasteiger partial charge is 0.337 e. The van der Waals surface area contributed by atoms with E-state index in [1.165, 1.54) is 42.7 Å². The monoisotopic (exact) mass is 1060 g/mol. The zero-order valence-electron chi connectivity index (χ0n) is 43.4. The molecule has 0 aliphatic carbocycles. The van der Waals surface area contributed by atoms with Gasteiger partial charge in [0.25, 0.3) is 0 Å². The van der Waals surface area contributed by atoms with E-state index in [-0.39, 0.29) is 39.6 Å². The van der Waals surface area contributed by atoms with Crippen molar-refractivity contribution in [2.45, 2.75) is 39.6 Å². The molecule has 7 rings (SSSR count).